The second-order valence-corrected chi connectivity index (χ2v) is 4.62. The van der Waals surface area contributed by atoms with E-state index in [1.165, 1.54) is 10.7 Å². The smallest absolute Gasteiger partial charge is 0.200 e. The van der Waals surface area contributed by atoms with Crippen molar-refractivity contribution in [2.45, 2.75) is 9.92 Å². The van der Waals surface area contributed by atoms with Crippen LogP contribution in [0.3, 0.4) is 0 Å². The number of hydrogen-bond donors (Lipinski definition) is 0. The molecule has 2 aromatic heterocycles. The second-order valence-electron chi connectivity index (χ2n) is 3.56. The molecule has 0 amide bonds. The van der Waals surface area contributed by atoms with E-state index in [0.717, 1.165) is 11.8 Å². The minimum absolute atomic E-state index is 0.283. The molecule has 0 spiro atoms. The lowest BCUT2D eigenvalue weighted by atomic mass is 10.2. The van der Waals surface area contributed by atoms with Gasteiger partial charge in [-0.25, -0.2) is 4.39 Å². The highest BCUT2D eigenvalue weighted by Crippen LogP contribution is 2.28. The highest BCUT2D eigenvalue weighted by Gasteiger charge is 2.08. The van der Waals surface area contributed by atoms with Crippen LogP contribution in [0.4, 0.5) is 4.39 Å². The van der Waals surface area contributed by atoms with Gasteiger partial charge < -0.3 is 0 Å². The van der Waals surface area contributed by atoms with Gasteiger partial charge in [-0.05, 0) is 40.8 Å². The molecule has 0 saturated carbocycles. The number of aromatic nitrogens is 5. The van der Waals surface area contributed by atoms with Crippen molar-refractivity contribution in [2.75, 3.05) is 0 Å². The van der Waals surface area contributed by atoms with Crippen LogP contribution in [0.2, 0.25) is 0 Å². The molecule has 0 bridgehead atoms. The Morgan fingerprint density at radius 1 is 1.26 bits per heavy atom. The lowest BCUT2D eigenvalue weighted by molar-refractivity contribution is 0.601. The van der Waals surface area contributed by atoms with Crippen molar-refractivity contribution in [3.05, 3.63) is 41.7 Å². The van der Waals surface area contributed by atoms with Gasteiger partial charge in [0.05, 0.1) is 11.6 Å². The predicted molar refractivity (Wildman–Crippen MR) is 63.8 cm³/mol. The number of tetrazole rings is 1. The molecule has 6 nitrogen and oxygen atoms in total. The number of rotatable bonds is 2. The Labute approximate surface area is 110 Å². The molecule has 1 aromatic carbocycles. The molecule has 0 unspecified atom stereocenters. The zero-order chi connectivity index (χ0) is 13.2. The quantitative estimate of drug-likeness (QED) is 0.706. The molecular weight excluding hydrogens is 267 g/mol. The molecule has 19 heavy (non-hydrogen) atoms. The van der Waals surface area contributed by atoms with Crippen LogP contribution in [0.25, 0.3) is 5.65 Å². The third-order valence-corrected chi connectivity index (χ3v) is 3.30. The maximum absolute atomic E-state index is 13.7. The van der Waals surface area contributed by atoms with Gasteiger partial charge in [0.15, 0.2) is 5.65 Å². The Bertz CT molecular complexity index is 793. The number of fused-ring (bicyclic) bond motifs is 1. The summed E-state index contributed by atoms with van der Waals surface area (Å²) >= 11 is 1.14. The van der Waals surface area contributed by atoms with Crippen LogP contribution in [0.15, 0.2) is 40.3 Å². The summed E-state index contributed by atoms with van der Waals surface area (Å²) in [6.45, 7) is 0. The van der Waals surface area contributed by atoms with Crippen LogP contribution < -0.4 is 0 Å². The third kappa shape index (κ3) is 2.23. The number of benzene rings is 1. The monoisotopic (exact) mass is 272 g/mol. The van der Waals surface area contributed by atoms with E-state index in [1.807, 2.05) is 6.07 Å². The first-order valence-electron chi connectivity index (χ1n) is 5.19. The lowest BCUT2D eigenvalue weighted by Gasteiger charge is -2.02. The Kier molecular flexibility index (Phi) is 2.81. The first-order chi connectivity index (χ1) is 9.26. The van der Waals surface area contributed by atoms with Gasteiger partial charge in [-0.2, -0.15) is 5.26 Å². The normalized spacial score (nSPS) is 10.5. The van der Waals surface area contributed by atoms with Crippen LogP contribution in [-0.4, -0.2) is 25.3 Å². The summed E-state index contributed by atoms with van der Waals surface area (Å²) in [5, 5.41) is 24.2. The summed E-state index contributed by atoms with van der Waals surface area (Å²) in [6.07, 6.45) is 0. The zero-order valence-electron chi connectivity index (χ0n) is 9.36. The van der Waals surface area contributed by atoms with Gasteiger partial charge >= 0.3 is 0 Å². The molecule has 0 radical (unpaired) electrons. The first-order valence-corrected chi connectivity index (χ1v) is 6.01. The highest BCUT2D eigenvalue weighted by molar-refractivity contribution is 7.99. The molecule has 2 heterocycles. The van der Waals surface area contributed by atoms with Gasteiger partial charge in [-0.1, -0.05) is 11.8 Å². The van der Waals surface area contributed by atoms with Crippen molar-refractivity contribution < 1.29 is 4.39 Å². The molecule has 0 N–H and O–H groups in total. The molecule has 0 atom stereocenters. The molecule has 0 aliphatic carbocycles. The average Bonchev–Trinajstić information content (AvgIpc) is 2.88. The summed E-state index contributed by atoms with van der Waals surface area (Å²) in [6, 6.07) is 9.57. The fraction of sp³-hybridized carbons (Fsp3) is 0. The Morgan fingerprint density at radius 2 is 2.16 bits per heavy atom. The van der Waals surface area contributed by atoms with Crippen molar-refractivity contribution in [3.8, 4) is 6.07 Å². The summed E-state index contributed by atoms with van der Waals surface area (Å²) < 4.78 is 15.0. The van der Waals surface area contributed by atoms with E-state index in [2.05, 4.69) is 20.6 Å². The van der Waals surface area contributed by atoms with E-state index < -0.39 is 5.82 Å². The van der Waals surface area contributed by atoms with Crippen LogP contribution in [-0.2, 0) is 0 Å². The van der Waals surface area contributed by atoms with E-state index in [-0.39, 0.29) is 5.56 Å². The van der Waals surface area contributed by atoms with Gasteiger partial charge in [-0.3, -0.25) is 0 Å². The topological polar surface area (TPSA) is 79.8 Å². The van der Waals surface area contributed by atoms with E-state index in [9.17, 15) is 4.39 Å². The van der Waals surface area contributed by atoms with E-state index in [4.69, 9.17) is 5.26 Å². The van der Waals surface area contributed by atoms with Crippen molar-refractivity contribution in [1.82, 2.24) is 25.3 Å². The minimum Gasteiger partial charge on any atom is -0.206 e. The Morgan fingerprint density at radius 3 is 2.95 bits per heavy atom. The van der Waals surface area contributed by atoms with Crippen molar-refractivity contribution in [3.63, 3.8) is 0 Å². The van der Waals surface area contributed by atoms with E-state index in [0.29, 0.717) is 15.6 Å². The maximum Gasteiger partial charge on any atom is 0.200 e. The van der Waals surface area contributed by atoms with Gasteiger partial charge in [0.25, 0.3) is 0 Å². The Balaban J connectivity index is 1.94. The summed E-state index contributed by atoms with van der Waals surface area (Å²) in [5.41, 5.74) is 0.801. The van der Waals surface area contributed by atoms with Crippen molar-refractivity contribution >= 4 is 17.4 Å². The second kappa shape index (κ2) is 4.62. The molecule has 0 aliphatic heterocycles. The fourth-order valence-corrected chi connectivity index (χ4v) is 2.23. The fourth-order valence-electron chi connectivity index (χ4n) is 1.45. The van der Waals surface area contributed by atoms with E-state index >= 15 is 0 Å². The molecule has 3 rings (SSSR count). The van der Waals surface area contributed by atoms with Gasteiger partial charge in [0, 0.05) is 4.90 Å². The van der Waals surface area contributed by atoms with Gasteiger partial charge in [0.1, 0.15) is 10.8 Å². The number of halogens is 1. The molecular formula is C11H5FN6S. The summed E-state index contributed by atoms with van der Waals surface area (Å²) in [4.78, 5) is 0.388. The number of nitrogens with zero attached hydrogens (tertiary/aromatic N) is 6. The van der Waals surface area contributed by atoms with Gasteiger partial charge in [0.2, 0.25) is 0 Å². The number of nitriles is 1. The largest absolute Gasteiger partial charge is 0.206 e. The highest BCUT2D eigenvalue weighted by atomic mass is 32.2. The van der Waals surface area contributed by atoms with Crippen LogP contribution in [0.1, 0.15) is 5.56 Å². The summed E-state index contributed by atoms with van der Waals surface area (Å²) in [7, 11) is 0. The lowest BCUT2D eigenvalue weighted by Crippen LogP contribution is -1.95. The van der Waals surface area contributed by atoms with Crippen LogP contribution >= 0.6 is 11.8 Å². The van der Waals surface area contributed by atoms with Crippen molar-refractivity contribution in [2.24, 2.45) is 0 Å². The van der Waals surface area contributed by atoms with Crippen molar-refractivity contribution in [1.29, 1.82) is 5.26 Å². The van der Waals surface area contributed by atoms with E-state index in [1.54, 1.807) is 24.3 Å². The Hall–Kier alpha value is -2.53. The molecule has 92 valence electrons. The summed E-state index contributed by atoms with van der Waals surface area (Å²) in [5.74, 6) is -0.456. The van der Waals surface area contributed by atoms with Gasteiger partial charge in [-0.15, -0.1) is 14.8 Å². The molecule has 0 fully saturated rings. The van der Waals surface area contributed by atoms with Crippen LogP contribution in [0, 0.1) is 17.1 Å². The number of hydrogen-bond acceptors (Lipinski definition) is 6. The zero-order valence-corrected chi connectivity index (χ0v) is 10.2. The molecule has 8 heteroatoms. The standard InChI is InChI=1S/C11H5FN6S/c12-8-5-7(6-13)1-2-9(8)19-11-4-3-10-14-16-17-18(10)15-11/h1-5H. The predicted octanol–water partition coefficient (Wildman–Crippen LogP) is 1.68. The van der Waals surface area contributed by atoms with Crippen LogP contribution in [0.5, 0.6) is 0 Å². The molecule has 3 aromatic rings. The maximum atomic E-state index is 13.7. The third-order valence-electron chi connectivity index (χ3n) is 2.32. The minimum atomic E-state index is -0.456. The SMILES string of the molecule is N#Cc1ccc(Sc2ccc3nnnn3n2)c(F)c1. The average molecular weight is 272 g/mol. The molecule has 0 saturated heterocycles. The first kappa shape index (κ1) is 11.6. The molecule has 0 aliphatic rings.